The Morgan fingerprint density at radius 3 is 2.52 bits per heavy atom. The van der Waals surface area contributed by atoms with Crippen LogP contribution in [0.15, 0.2) is 28.6 Å². The van der Waals surface area contributed by atoms with Gasteiger partial charge in [0.05, 0.1) is 13.2 Å². The molecule has 0 fully saturated rings. The molecule has 2 atom stereocenters. The standard InChI is InChI=1S/C15H17N3O5S2/c1-4-21-12(19)10-11(24)18-9(3)23-15(10,13(20)22-5-2)25-14-16-7-6-8-17-14/h6-8,10H,4-5H2,1-3H3/t10-,15-/m1/s1. The van der Waals surface area contributed by atoms with Gasteiger partial charge in [-0.15, -0.1) is 0 Å². The normalized spacial score (nSPS) is 22.6. The minimum absolute atomic E-state index is 0.0151. The summed E-state index contributed by atoms with van der Waals surface area (Å²) in [5.74, 6) is -2.62. The number of aromatic nitrogens is 2. The molecular weight excluding hydrogens is 366 g/mol. The zero-order valence-electron chi connectivity index (χ0n) is 13.9. The fourth-order valence-electron chi connectivity index (χ4n) is 2.15. The zero-order valence-corrected chi connectivity index (χ0v) is 15.6. The number of rotatable bonds is 6. The van der Waals surface area contributed by atoms with Gasteiger partial charge in [0.25, 0.3) is 4.93 Å². The summed E-state index contributed by atoms with van der Waals surface area (Å²) in [6, 6.07) is 1.63. The number of nitrogens with zero attached hydrogens (tertiary/aromatic N) is 3. The van der Waals surface area contributed by atoms with Gasteiger partial charge in [-0.3, -0.25) is 4.79 Å². The Kier molecular flexibility index (Phi) is 6.43. The van der Waals surface area contributed by atoms with Crippen LogP contribution in [-0.4, -0.2) is 50.9 Å². The van der Waals surface area contributed by atoms with Gasteiger partial charge in [-0.25, -0.2) is 19.8 Å². The maximum absolute atomic E-state index is 12.8. The largest absolute Gasteiger partial charge is 0.465 e. The van der Waals surface area contributed by atoms with Crippen molar-refractivity contribution in [2.45, 2.75) is 30.9 Å². The Morgan fingerprint density at radius 1 is 1.28 bits per heavy atom. The molecule has 25 heavy (non-hydrogen) atoms. The van der Waals surface area contributed by atoms with Crippen LogP contribution in [0.25, 0.3) is 0 Å². The Balaban J connectivity index is 2.55. The minimum atomic E-state index is -1.84. The number of carbonyl (C=O) groups is 2. The van der Waals surface area contributed by atoms with E-state index in [1.807, 2.05) is 0 Å². The van der Waals surface area contributed by atoms with Gasteiger partial charge >= 0.3 is 11.9 Å². The molecule has 1 aromatic heterocycles. The second-order valence-electron chi connectivity index (χ2n) is 4.78. The van der Waals surface area contributed by atoms with Crippen LogP contribution in [0.4, 0.5) is 0 Å². The highest BCUT2D eigenvalue weighted by Crippen LogP contribution is 2.43. The maximum atomic E-state index is 12.8. The molecule has 0 spiro atoms. The van der Waals surface area contributed by atoms with Crippen molar-refractivity contribution in [2.75, 3.05) is 13.2 Å². The summed E-state index contributed by atoms with van der Waals surface area (Å²) in [7, 11) is 0. The lowest BCUT2D eigenvalue weighted by atomic mass is 10.00. The topological polar surface area (TPSA) is 100.0 Å². The molecule has 0 bridgehead atoms. The van der Waals surface area contributed by atoms with Crippen LogP contribution in [0.2, 0.25) is 0 Å². The molecule has 0 radical (unpaired) electrons. The third kappa shape index (κ3) is 4.13. The Labute approximate surface area is 154 Å². The lowest BCUT2D eigenvalue weighted by molar-refractivity contribution is -0.165. The number of hydrogen-bond donors (Lipinski definition) is 0. The Hall–Kier alpha value is -2.07. The van der Waals surface area contributed by atoms with E-state index in [9.17, 15) is 9.59 Å². The van der Waals surface area contributed by atoms with Gasteiger partial charge in [-0.1, -0.05) is 12.2 Å². The van der Waals surface area contributed by atoms with Crippen molar-refractivity contribution in [1.82, 2.24) is 9.97 Å². The fraction of sp³-hybridized carbons (Fsp3) is 0.467. The first-order valence-corrected chi connectivity index (χ1v) is 8.75. The fourth-order valence-corrected chi connectivity index (χ4v) is 3.75. The molecule has 1 aliphatic rings. The number of carbonyl (C=O) groups excluding carboxylic acids is 2. The van der Waals surface area contributed by atoms with E-state index in [2.05, 4.69) is 15.0 Å². The average Bonchev–Trinajstić information content (AvgIpc) is 2.55. The molecule has 0 saturated heterocycles. The lowest BCUT2D eigenvalue weighted by Crippen LogP contribution is -2.56. The van der Waals surface area contributed by atoms with Gasteiger partial charge < -0.3 is 14.2 Å². The summed E-state index contributed by atoms with van der Waals surface area (Å²) < 4.78 is 15.9. The summed E-state index contributed by atoms with van der Waals surface area (Å²) >= 11 is 6.07. The molecule has 10 heteroatoms. The number of hydrogen-bond acceptors (Lipinski definition) is 9. The van der Waals surface area contributed by atoms with Crippen molar-refractivity contribution in [3.63, 3.8) is 0 Å². The quantitative estimate of drug-likeness (QED) is 0.413. The van der Waals surface area contributed by atoms with E-state index in [1.54, 1.807) is 19.9 Å². The maximum Gasteiger partial charge on any atom is 0.363 e. The number of thioether (sulfide) groups is 1. The van der Waals surface area contributed by atoms with Crippen LogP contribution in [-0.2, 0) is 23.8 Å². The molecule has 134 valence electrons. The second-order valence-corrected chi connectivity index (χ2v) is 6.37. The molecule has 1 aromatic rings. The molecule has 0 saturated carbocycles. The number of ether oxygens (including phenoxy) is 3. The van der Waals surface area contributed by atoms with Crippen LogP contribution in [0.1, 0.15) is 20.8 Å². The van der Waals surface area contributed by atoms with Gasteiger partial charge in [-0.05, 0) is 31.7 Å². The highest BCUT2D eigenvalue weighted by atomic mass is 32.2. The summed E-state index contributed by atoms with van der Waals surface area (Å²) in [4.78, 5) is 35.6. The molecule has 0 unspecified atom stereocenters. The lowest BCUT2D eigenvalue weighted by Gasteiger charge is -2.37. The van der Waals surface area contributed by atoms with E-state index in [4.69, 9.17) is 26.4 Å². The Bertz CT molecular complexity index is 698. The summed E-state index contributed by atoms with van der Waals surface area (Å²) in [5, 5.41) is 0.224. The van der Waals surface area contributed by atoms with Crippen LogP contribution in [0.5, 0.6) is 0 Å². The third-order valence-corrected chi connectivity index (χ3v) is 4.57. The van der Waals surface area contributed by atoms with E-state index in [0.717, 1.165) is 11.8 Å². The zero-order chi connectivity index (χ0) is 18.4. The predicted octanol–water partition coefficient (Wildman–Crippen LogP) is 1.78. The first-order valence-electron chi connectivity index (χ1n) is 7.52. The smallest absolute Gasteiger partial charge is 0.363 e. The van der Waals surface area contributed by atoms with Crippen molar-refractivity contribution in [3.8, 4) is 0 Å². The molecule has 2 rings (SSSR count). The highest BCUT2D eigenvalue weighted by molar-refractivity contribution is 8.01. The molecule has 0 aromatic carbocycles. The van der Waals surface area contributed by atoms with Crippen molar-refractivity contribution >= 4 is 46.8 Å². The van der Waals surface area contributed by atoms with Gasteiger partial charge in [0.2, 0.25) is 0 Å². The molecular formula is C15H17N3O5S2. The number of aliphatic imine (C=N–C) groups is 1. The molecule has 0 aliphatic carbocycles. The predicted molar refractivity (Wildman–Crippen MR) is 94.2 cm³/mol. The van der Waals surface area contributed by atoms with Crippen molar-refractivity contribution < 1.29 is 23.8 Å². The van der Waals surface area contributed by atoms with Crippen LogP contribution in [0, 0.1) is 5.92 Å². The van der Waals surface area contributed by atoms with E-state index in [0.29, 0.717) is 0 Å². The van der Waals surface area contributed by atoms with Crippen LogP contribution >= 0.6 is 24.0 Å². The SMILES string of the molecule is CCOC(=O)[C@H]1C(=S)N=C(C)O[C@]1(Sc1ncccn1)C(=O)OCC. The van der Waals surface area contributed by atoms with E-state index in [1.165, 1.54) is 19.3 Å². The average molecular weight is 383 g/mol. The number of thiocarbonyl (C=S) groups is 1. The highest BCUT2D eigenvalue weighted by Gasteiger charge is 2.60. The second kappa shape index (κ2) is 8.34. The molecule has 1 aliphatic heterocycles. The molecule has 0 N–H and O–H groups in total. The van der Waals surface area contributed by atoms with Crippen molar-refractivity contribution in [2.24, 2.45) is 10.9 Å². The minimum Gasteiger partial charge on any atom is -0.465 e. The summed E-state index contributed by atoms with van der Waals surface area (Å²) in [6.07, 6.45) is 3.02. The van der Waals surface area contributed by atoms with Gasteiger partial charge in [-0.2, -0.15) is 0 Å². The van der Waals surface area contributed by atoms with Crippen molar-refractivity contribution in [3.05, 3.63) is 18.5 Å². The molecule has 0 amide bonds. The first kappa shape index (κ1) is 19.3. The third-order valence-electron chi connectivity index (χ3n) is 3.06. The molecule has 8 nitrogen and oxygen atoms in total. The number of esters is 2. The van der Waals surface area contributed by atoms with E-state index in [-0.39, 0.29) is 29.3 Å². The van der Waals surface area contributed by atoms with E-state index < -0.39 is 22.8 Å². The van der Waals surface area contributed by atoms with Crippen molar-refractivity contribution in [1.29, 1.82) is 0 Å². The molecule has 2 heterocycles. The van der Waals surface area contributed by atoms with Gasteiger partial charge in [0, 0.05) is 19.3 Å². The van der Waals surface area contributed by atoms with E-state index >= 15 is 0 Å². The summed E-state index contributed by atoms with van der Waals surface area (Å²) in [5.41, 5.74) is 0. The monoisotopic (exact) mass is 383 g/mol. The van der Waals surface area contributed by atoms with Gasteiger partial charge in [0.1, 0.15) is 4.99 Å². The Morgan fingerprint density at radius 2 is 1.92 bits per heavy atom. The van der Waals surface area contributed by atoms with Crippen LogP contribution < -0.4 is 0 Å². The summed E-state index contributed by atoms with van der Waals surface area (Å²) in [6.45, 7) is 5.05. The van der Waals surface area contributed by atoms with Crippen LogP contribution in [0.3, 0.4) is 0 Å². The first-order chi connectivity index (χ1) is 11.9. The van der Waals surface area contributed by atoms with Gasteiger partial charge in [0.15, 0.2) is 17.0 Å².